The third-order valence-electron chi connectivity index (χ3n) is 6.01. The maximum Gasteiger partial charge on any atom is 0.265 e. The number of hydrogen-bond donors (Lipinski definition) is 2. The summed E-state index contributed by atoms with van der Waals surface area (Å²) in [4.78, 5) is 12.3. The summed E-state index contributed by atoms with van der Waals surface area (Å²) < 4.78 is 41.5. The van der Waals surface area contributed by atoms with E-state index in [-0.39, 0.29) is 31.0 Å². The summed E-state index contributed by atoms with van der Waals surface area (Å²) in [5.41, 5.74) is 1.51. The van der Waals surface area contributed by atoms with Crippen LogP contribution in [0.4, 0.5) is 0 Å². The topological polar surface area (TPSA) is 111 Å². The van der Waals surface area contributed by atoms with Crippen LogP contribution in [-0.2, 0) is 19.4 Å². The fraction of sp³-hybridized carbons (Fsp3) is 0.320. The number of rotatable bonds is 9. The highest BCUT2D eigenvalue weighted by atomic mass is 32.2. The summed E-state index contributed by atoms with van der Waals surface area (Å²) >= 11 is 0. The van der Waals surface area contributed by atoms with Gasteiger partial charge in [-0.25, -0.2) is 13.9 Å². The van der Waals surface area contributed by atoms with Crippen LogP contribution in [0.3, 0.4) is 0 Å². The average Bonchev–Trinajstić information content (AvgIpc) is 2.88. The van der Waals surface area contributed by atoms with Gasteiger partial charge in [-0.2, -0.15) is 0 Å². The van der Waals surface area contributed by atoms with E-state index in [2.05, 4.69) is 0 Å². The van der Waals surface area contributed by atoms with Crippen molar-refractivity contribution < 1.29 is 32.6 Å². The van der Waals surface area contributed by atoms with Gasteiger partial charge >= 0.3 is 0 Å². The van der Waals surface area contributed by atoms with E-state index in [0.717, 1.165) is 16.5 Å². The van der Waals surface area contributed by atoms with E-state index in [1.807, 2.05) is 42.5 Å². The third kappa shape index (κ3) is 4.86. The van der Waals surface area contributed by atoms with Gasteiger partial charge in [0.05, 0.1) is 18.1 Å². The lowest BCUT2D eigenvalue weighted by Crippen LogP contribution is -2.54. The molecule has 180 valence electrons. The Morgan fingerprint density at radius 2 is 1.53 bits per heavy atom. The van der Waals surface area contributed by atoms with E-state index in [9.17, 15) is 13.2 Å². The fourth-order valence-electron chi connectivity index (χ4n) is 4.06. The molecule has 9 heteroatoms. The lowest BCUT2D eigenvalue weighted by Gasteiger charge is -2.34. The van der Waals surface area contributed by atoms with Gasteiger partial charge in [-0.1, -0.05) is 30.3 Å². The Hall–Kier alpha value is -3.14. The van der Waals surface area contributed by atoms with Crippen molar-refractivity contribution in [1.82, 2.24) is 5.48 Å². The lowest BCUT2D eigenvalue weighted by molar-refractivity contribution is -0.134. The molecule has 1 amide bonds. The largest absolute Gasteiger partial charge is 0.493 e. The van der Waals surface area contributed by atoms with Crippen molar-refractivity contribution in [3.05, 3.63) is 66.7 Å². The minimum Gasteiger partial charge on any atom is -0.493 e. The molecule has 1 saturated heterocycles. The standard InChI is InChI=1S/C25H27NO7S/c27-24(26-28)25(12-16-31-17-13-25)34(29,30)23-10-8-21(9-11-23)32-14-3-15-33-22-7-6-19-4-1-2-5-20(19)18-22/h1-2,4-11,18,28H,3,12-17H2,(H,26,27). The molecule has 2 N–H and O–H groups in total. The molecule has 1 aliphatic heterocycles. The highest BCUT2D eigenvalue weighted by molar-refractivity contribution is 7.93. The Balaban J connectivity index is 1.32. The third-order valence-corrected chi connectivity index (χ3v) is 8.53. The monoisotopic (exact) mass is 485 g/mol. The maximum atomic E-state index is 13.3. The zero-order valence-corrected chi connectivity index (χ0v) is 19.4. The molecule has 1 aliphatic rings. The molecule has 3 aromatic rings. The van der Waals surface area contributed by atoms with Crippen LogP contribution < -0.4 is 15.0 Å². The SMILES string of the molecule is O=C(NO)C1(S(=O)(=O)c2ccc(OCCCOc3ccc4ccccc4c3)cc2)CCOCC1. The van der Waals surface area contributed by atoms with Gasteiger partial charge in [0.2, 0.25) is 0 Å². The smallest absolute Gasteiger partial charge is 0.265 e. The first-order valence-corrected chi connectivity index (χ1v) is 12.6. The molecule has 34 heavy (non-hydrogen) atoms. The van der Waals surface area contributed by atoms with E-state index in [4.69, 9.17) is 19.4 Å². The zero-order valence-electron chi connectivity index (χ0n) is 18.6. The number of carbonyl (C=O) groups excluding carboxylic acids is 1. The molecule has 1 fully saturated rings. The summed E-state index contributed by atoms with van der Waals surface area (Å²) in [6.45, 7) is 1.11. The number of sulfone groups is 1. The summed E-state index contributed by atoms with van der Waals surface area (Å²) in [6.07, 6.45) is 0.584. The van der Waals surface area contributed by atoms with Gasteiger partial charge in [0.25, 0.3) is 5.91 Å². The Bertz CT molecular complexity index is 1240. The van der Waals surface area contributed by atoms with Gasteiger partial charge in [-0.05, 0) is 60.0 Å². The summed E-state index contributed by atoms with van der Waals surface area (Å²) in [5.74, 6) is 0.363. The first-order chi connectivity index (χ1) is 16.5. The molecular formula is C25H27NO7S. The summed E-state index contributed by atoms with van der Waals surface area (Å²) in [7, 11) is -4.05. The molecule has 0 atom stereocenters. The number of hydroxylamine groups is 1. The zero-order chi connectivity index (χ0) is 24.0. The molecule has 0 bridgehead atoms. The fourth-order valence-corrected chi connectivity index (χ4v) is 6.00. The van der Waals surface area contributed by atoms with Gasteiger partial charge in [-0.3, -0.25) is 10.0 Å². The molecule has 0 saturated carbocycles. The van der Waals surface area contributed by atoms with Crippen molar-refractivity contribution in [2.45, 2.75) is 28.9 Å². The number of amides is 1. The lowest BCUT2D eigenvalue weighted by atomic mass is 9.98. The van der Waals surface area contributed by atoms with E-state index in [1.165, 1.54) is 17.6 Å². The summed E-state index contributed by atoms with van der Waals surface area (Å²) in [5, 5.41) is 11.4. The Morgan fingerprint density at radius 3 is 2.21 bits per heavy atom. The number of carbonyl (C=O) groups is 1. The van der Waals surface area contributed by atoms with Gasteiger partial charge in [0.15, 0.2) is 14.6 Å². The van der Waals surface area contributed by atoms with Crippen molar-refractivity contribution in [3.63, 3.8) is 0 Å². The summed E-state index contributed by atoms with van der Waals surface area (Å²) in [6, 6.07) is 20.0. The first-order valence-electron chi connectivity index (χ1n) is 11.1. The normalized spacial score (nSPS) is 15.6. The predicted octanol–water partition coefficient (Wildman–Crippen LogP) is 3.52. The van der Waals surface area contributed by atoms with Crippen molar-refractivity contribution in [2.75, 3.05) is 26.4 Å². The number of ether oxygens (including phenoxy) is 3. The van der Waals surface area contributed by atoms with Gasteiger partial charge in [0, 0.05) is 19.6 Å². The average molecular weight is 486 g/mol. The minimum absolute atomic E-state index is 0.00927. The molecule has 0 radical (unpaired) electrons. The van der Waals surface area contributed by atoms with Crippen LogP contribution in [0.2, 0.25) is 0 Å². The van der Waals surface area contributed by atoms with Gasteiger partial charge in [-0.15, -0.1) is 0 Å². The van der Waals surface area contributed by atoms with Crippen LogP contribution in [0.15, 0.2) is 71.6 Å². The molecule has 0 unspecified atom stereocenters. The van der Waals surface area contributed by atoms with Crippen molar-refractivity contribution >= 4 is 26.5 Å². The van der Waals surface area contributed by atoms with Crippen molar-refractivity contribution in [1.29, 1.82) is 0 Å². The highest BCUT2D eigenvalue weighted by Crippen LogP contribution is 2.35. The Labute approximate surface area is 198 Å². The number of hydrogen-bond acceptors (Lipinski definition) is 7. The molecule has 0 aliphatic carbocycles. The van der Waals surface area contributed by atoms with Crippen molar-refractivity contribution in [2.24, 2.45) is 0 Å². The van der Waals surface area contributed by atoms with Crippen LogP contribution in [0, 0.1) is 0 Å². The van der Waals surface area contributed by atoms with Crippen LogP contribution in [-0.4, -0.2) is 50.7 Å². The van der Waals surface area contributed by atoms with E-state index < -0.39 is 20.5 Å². The van der Waals surface area contributed by atoms with Crippen LogP contribution >= 0.6 is 0 Å². The highest BCUT2D eigenvalue weighted by Gasteiger charge is 2.52. The number of benzene rings is 3. The maximum absolute atomic E-state index is 13.3. The molecule has 0 spiro atoms. The second-order valence-electron chi connectivity index (χ2n) is 8.08. The molecule has 3 aromatic carbocycles. The molecule has 8 nitrogen and oxygen atoms in total. The second kappa shape index (κ2) is 10.4. The number of nitrogens with one attached hydrogen (secondary N) is 1. The number of fused-ring (bicyclic) bond motifs is 1. The van der Waals surface area contributed by atoms with Crippen LogP contribution in [0.1, 0.15) is 19.3 Å². The van der Waals surface area contributed by atoms with Crippen molar-refractivity contribution in [3.8, 4) is 11.5 Å². The van der Waals surface area contributed by atoms with E-state index in [1.54, 1.807) is 12.1 Å². The Kier molecular flexibility index (Phi) is 7.35. The Morgan fingerprint density at radius 1 is 0.912 bits per heavy atom. The molecular weight excluding hydrogens is 458 g/mol. The first kappa shape index (κ1) is 24.0. The molecule has 1 heterocycles. The van der Waals surface area contributed by atoms with Gasteiger partial charge in [0.1, 0.15) is 11.5 Å². The van der Waals surface area contributed by atoms with Crippen LogP contribution in [0.5, 0.6) is 11.5 Å². The molecule has 4 rings (SSSR count). The second-order valence-corrected chi connectivity index (χ2v) is 10.3. The predicted molar refractivity (Wildman–Crippen MR) is 126 cm³/mol. The van der Waals surface area contributed by atoms with E-state index in [0.29, 0.717) is 25.4 Å². The van der Waals surface area contributed by atoms with E-state index >= 15 is 0 Å². The molecule has 0 aromatic heterocycles. The minimum atomic E-state index is -4.05. The quantitative estimate of drug-likeness (QED) is 0.271. The van der Waals surface area contributed by atoms with Crippen LogP contribution in [0.25, 0.3) is 10.8 Å². The van der Waals surface area contributed by atoms with Gasteiger partial charge < -0.3 is 14.2 Å².